The zero-order valence-corrected chi connectivity index (χ0v) is 8.20. The molecule has 4 nitrogen and oxygen atoms in total. The van der Waals surface area contributed by atoms with Gasteiger partial charge in [-0.05, 0) is 25.5 Å². The number of aromatic nitrogens is 1. The summed E-state index contributed by atoms with van der Waals surface area (Å²) in [6.45, 7) is 3.23. The molecule has 1 N–H and O–H groups in total. The number of ketones is 1. The number of pyridine rings is 1. The number of nitrogens with one attached hydrogen (secondary N) is 1. The summed E-state index contributed by atoms with van der Waals surface area (Å²) in [6.07, 6.45) is 3.17. The molecule has 0 fully saturated rings. The second-order valence-electron chi connectivity index (χ2n) is 3.12. The summed E-state index contributed by atoms with van der Waals surface area (Å²) in [5.74, 6) is -0.430. The molecule has 0 aliphatic heterocycles. The summed E-state index contributed by atoms with van der Waals surface area (Å²) in [4.78, 5) is 25.8. The molecule has 0 spiro atoms. The summed E-state index contributed by atoms with van der Waals surface area (Å²) in [6, 6.07) is 1.70. The first kappa shape index (κ1) is 10.4. The Kier molecular flexibility index (Phi) is 3.34. The molecule has 0 atom stereocenters. The van der Waals surface area contributed by atoms with Crippen molar-refractivity contribution in [1.82, 2.24) is 4.98 Å². The van der Waals surface area contributed by atoms with Gasteiger partial charge in [0.25, 0.3) is 0 Å². The zero-order valence-electron chi connectivity index (χ0n) is 8.20. The van der Waals surface area contributed by atoms with Crippen LogP contribution in [0.2, 0.25) is 0 Å². The van der Waals surface area contributed by atoms with E-state index in [4.69, 9.17) is 0 Å². The highest BCUT2D eigenvalue weighted by Gasteiger charge is 2.06. The third-order valence-corrected chi connectivity index (χ3v) is 1.70. The van der Waals surface area contributed by atoms with E-state index in [2.05, 4.69) is 10.3 Å². The maximum Gasteiger partial charge on any atom is 0.231 e. The number of nitrogens with zero attached hydrogens (tertiary/aromatic N) is 1. The molecule has 14 heavy (non-hydrogen) atoms. The van der Waals surface area contributed by atoms with Gasteiger partial charge in [0.2, 0.25) is 5.91 Å². The van der Waals surface area contributed by atoms with Crippen LogP contribution in [0.1, 0.15) is 18.9 Å². The van der Waals surface area contributed by atoms with E-state index in [1.54, 1.807) is 18.5 Å². The lowest BCUT2D eigenvalue weighted by Gasteiger charge is -2.05. The number of carbonyl (C=O) groups is 2. The lowest BCUT2D eigenvalue weighted by molar-refractivity contribution is -0.124. The molecule has 4 heteroatoms. The van der Waals surface area contributed by atoms with Gasteiger partial charge in [0, 0.05) is 18.1 Å². The molecule has 0 unspecified atom stereocenters. The van der Waals surface area contributed by atoms with Crippen molar-refractivity contribution < 1.29 is 9.59 Å². The zero-order chi connectivity index (χ0) is 10.6. The molecule has 0 saturated carbocycles. The average Bonchev–Trinajstić information content (AvgIpc) is 2.07. The van der Waals surface area contributed by atoms with E-state index in [0.717, 1.165) is 5.56 Å². The first-order chi connectivity index (χ1) is 6.59. The van der Waals surface area contributed by atoms with Crippen molar-refractivity contribution >= 4 is 17.4 Å². The summed E-state index contributed by atoms with van der Waals surface area (Å²) in [7, 11) is 0. The number of hydrogen-bond acceptors (Lipinski definition) is 3. The highest BCUT2D eigenvalue weighted by atomic mass is 16.2. The lowest BCUT2D eigenvalue weighted by Crippen LogP contribution is -2.15. The summed E-state index contributed by atoms with van der Waals surface area (Å²) in [5.41, 5.74) is 1.58. The van der Waals surface area contributed by atoms with E-state index >= 15 is 0 Å². The van der Waals surface area contributed by atoms with Gasteiger partial charge in [-0.2, -0.15) is 0 Å². The lowest BCUT2D eigenvalue weighted by atomic mass is 10.2. The molecule has 74 valence electrons. The minimum absolute atomic E-state index is 0.0816. The minimum Gasteiger partial charge on any atom is -0.325 e. The quantitative estimate of drug-likeness (QED) is 0.734. The molecule has 1 rings (SSSR count). The number of rotatable bonds is 3. The average molecular weight is 192 g/mol. The Morgan fingerprint density at radius 2 is 2.21 bits per heavy atom. The smallest absolute Gasteiger partial charge is 0.231 e. The number of hydrogen-bond donors (Lipinski definition) is 1. The van der Waals surface area contributed by atoms with E-state index in [9.17, 15) is 9.59 Å². The van der Waals surface area contributed by atoms with Crippen molar-refractivity contribution in [2.24, 2.45) is 0 Å². The summed E-state index contributed by atoms with van der Waals surface area (Å²) < 4.78 is 0. The third-order valence-electron chi connectivity index (χ3n) is 1.70. The molecule has 1 aromatic heterocycles. The summed E-state index contributed by atoms with van der Waals surface area (Å²) in [5, 5.41) is 2.64. The first-order valence-electron chi connectivity index (χ1n) is 4.29. The summed E-state index contributed by atoms with van der Waals surface area (Å²) >= 11 is 0. The molecule has 0 aliphatic rings. The largest absolute Gasteiger partial charge is 0.325 e. The molecule has 0 aromatic carbocycles. The maximum absolute atomic E-state index is 11.2. The van der Waals surface area contributed by atoms with Gasteiger partial charge in [0.05, 0.1) is 6.42 Å². The van der Waals surface area contributed by atoms with Crippen LogP contribution in [0.25, 0.3) is 0 Å². The standard InChI is InChI=1S/C10H12N2O2/c1-7-6-11-4-3-9(7)12-10(14)5-8(2)13/h3-4,6H,5H2,1-2H3,(H,11,12,14). The van der Waals surface area contributed by atoms with E-state index in [-0.39, 0.29) is 18.1 Å². The van der Waals surface area contributed by atoms with Gasteiger partial charge in [0.1, 0.15) is 5.78 Å². The van der Waals surface area contributed by atoms with Gasteiger partial charge in [-0.15, -0.1) is 0 Å². The fourth-order valence-corrected chi connectivity index (χ4v) is 1.03. The van der Waals surface area contributed by atoms with E-state index < -0.39 is 0 Å². The van der Waals surface area contributed by atoms with Gasteiger partial charge < -0.3 is 5.32 Å². The molecule has 0 aliphatic carbocycles. The maximum atomic E-state index is 11.2. The van der Waals surface area contributed by atoms with Gasteiger partial charge >= 0.3 is 0 Å². The third kappa shape index (κ3) is 2.97. The minimum atomic E-state index is -0.285. The monoisotopic (exact) mass is 192 g/mol. The number of carbonyl (C=O) groups excluding carboxylic acids is 2. The highest BCUT2D eigenvalue weighted by Crippen LogP contribution is 2.11. The SMILES string of the molecule is CC(=O)CC(=O)Nc1ccncc1C. The highest BCUT2D eigenvalue weighted by molar-refractivity contribution is 6.03. The van der Waals surface area contributed by atoms with E-state index in [1.807, 2.05) is 6.92 Å². The van der Waals surface area contributed by atoms with Crippen LogP contribution in [0.15, 0.2) is 18.5 Å². The van der Waals surface area contributed by atoms with Crippen LogP contribution >= 0.6 is 0 Å². The van der Waals surface area contributed by atoms with Crippen LogP contribution in [-0.4, -0.2) is 16.7 Å². The van der Waals surface area contributed by atoms with Crippen LogP contribution in [0, 0.1) is 6.92 Å². The Morgan fingerprint density at radius 1 is 1.50 bits per heavy atom. The van der Waals surface area contributed by atoms with Crippen molar-refractivity contribution in [3.63, 3.8) is 0 Å². The molecule has 0 bridgehead atoms. The Morgan fingerprint density at radius 3 is 2.79 bits per heavy atom. The molecular formula is C10H12N2O2. The second-order valence-corrected chi connectivity index (χ2v) is 3.12. The van der Waals surface area contributed by atoms with E-state index in [0.29, 0.717) is 5.69 Å². The van der Waals surface area contributed by atoms with Gasteiger partial charge in [-0.25, -0.2) is 0 Å². The van der Waals surface area contributed by atoms with Crippen molar-refractivity contribution in [2.75, 3.05) is 5.32 Å². The predicted molar refractivity (Wildman–Crippen MR) is 52.9 cm³/mol. The Bertz CT molecular complexity index is 361. The molecule has 1 aromatic rings. The van der Waals surface area contributed by atoms with Crippen LogP contribution in [0.3, 0.4) is 0 Å². The molecule has 0 radical (unpaired) electrons. The number of aryl methyl sites for hydroxylation is 1. The van der Waals surface area contributed by atoms with E-state index in [1.165, 1.54) is 6.92 Å². The van der Waals surface area contributed by atoms with Gasteiger partial charge in [-0.1, -0.05) is 0 Å². The molecular weight excluding hydrogens is 180 g/mol. The van der Waals surface area contributed by atoms with Crippen molar-refractivity contribution in [3.8, 4) is 0 Å². The Balaban J connectivity index is 2.65. The first-order valence-corrected chi connectivity index (χ1v) is 4.29. The van der Waals surface area contributed by atoms with Crippen LogP contribution in [-0.2, 0) is 9.59 Å². The Labute approximate surface area is 82.3 Å². The predicted octanol–water partition coefficient (Wildman–Crippen LogP) is 1.31. The normalized spacial score (nSPS) is 9.57. The second kappa shape index (κ2) is 4.50. The van der Waals surface area contributed by atoms with Crippen molar-refractivity contribution in [3.05, 3.63) is 24.0 Å². The number of anilines is 1. The van der Waals surface area contributed by atoms with Crippen molar-refractivity contribution in [1.29, 1.82) is 0 Å². The van der Waals surface area contributed by atoms with Crippen LogP contribution < -0.4 is 5.32 Å². The van der Waals surface area contributed by atoms with Crippen molar-refractivity contribution in [2.45, 2.75) is 20.3 Å². The fourth-order valence-electron chi connectivity index (χ4n) is 1.03. The number of amides is 1. The fraction of sp³-hybridized carbons (Fsp3) is 0.300. The molecule has 1 amide bonds. The topological polar surface area (TPSA) is 59.1 Å². The molecule has 1 heterocycles. The van der Waals surface area contributed by atoms with Crippen LogP contribution in [0.5, 0.6) is 0 Å². The van der Waals surface area contributed by atoms with Crippen LogP contribution in [0.4, 0.5) is 5.69 Å². The van der Waals surface area contributed by atoms with Gasteiger partial charge in [0.15, 0.2) is 0 Å². The van der Waals surface area contributed by atoms with Gasteiger partial charge in [-0.3, -0.25) is 14.6 Å². The Hall–Kier alpha value is -1.71. The molecule has 0 saturated heterocycles. The number of Topliss-reactive ketones (excluding diaryl/α,β-unsaturated/α-hetero) is 1.